The Bertz CT molecular complexity index is 982. The second kappa shape index (κ2) is 10.9. The van der Waals surface area contributed by atoms with Gasteiger partial charge in [0.15, 0.2) is 0 Å². The number of thioether (sulfide) groups is 1. The van der Waals surface area contributed by atoms with Crippen molar-refractivity contribution in [3.8, 4) is 0 Å². The van der Waals surface area contributed by atoms with Crippen LogP contribution in [0.4, 0.5) is 11.4 Å². The Kier molecular flexibility index (Phi) is 8.27. The molecule has 31 heavy (non-hydrogen) atoms. The summed E-state index contributed by atoms with van der Waals surface area (Å²) in [4.78, 5) is 14.1. The first-order chi connectivity index (χ1) is 14.8. The minimum atomic E-state index is -4.03. The number of benzene rings is 2. The molecule has 0 aromatic heterocycles. The van der Waals surface area contributed by atoms with Crippen LogP contribution in [0.25, 0.3) is 0 Å². The molecule has 1 aliphatic heterocycles. The average Bonchev–Trinajstić information content (AvgIpc) is 2.76. The van der Waals surface area contributed by atoms with Gasteiger partial charge in [0.05, 0.1) is 23.0 Å². The Morgan fingerprint density at radius 2 is 1.90 bits per heavy atom. The zero-order chi connectivity index (χ0) is 22.3. The van der Waals surface area contributed by atoms with E-state index in [1.54, 1.807) is 11.8 Å². The summed E-state index contributed by atoms with van der Waals surface area (Å²) in [6.07, 6.45) is 0.772. The van der Waals surface area contributed by atoms with Gasteiger partial charge >= 0.3 is 0 Å². The molecular weight excluding hydrogens is 440 g/mol. The molecule has 1 aliphatic rings. The van der Waals surface area contributed by atoms with Crippen LogP contribution >= 0.6 is 11.8 Å². The van der Waals surface area contributed by atoms with Crippen LogP contribution in [0.3, 0.4) is 0 Å². The second-order valence-electron chi connectivity index (χ2n) is 7.19. The molecule has 3 N–H and O–H groups in total. The number of anilines is 1. The van der Waals surface area contributed by atoms with Gasteiger partial charge in [-0.1, -0.05) is 18.2 Å². The van der Waals surface area contributed by atoms with E-state index in [2.05, 4.69) is 10.2 Å². The average molecular weight is 467 g/mol. The molecule has 2 aromatic rings. The van der Waals surface area contributed by atoms with E-state index in [4.69, 9.17) is 9.88 Å². The molecule has 9 nitrogen and oxygen atoms in total. The lowest BCUT2D eigenvalue weighted by Gasteiger charge is -2.29. The molecule has 11 heteroatoms. The number of nitro groups is 1. The van der Waals surface area contributed by atoms with Crippen LogP contribution in [-0.2, 0) is 14.8 Å². The molecule has 3 rings (SSSR count). The van der Waals surface area contributed by atoms with E-state index in [9.17, 15) is 18.5 Å². The normalized spacial score (nSPS) is 16.0. The molecule has 0 aliphatic carbocycles. The SMILES string of the molecule is NS(=O)(=O)c1ccc(N[C@@H](CCN2CCOCC2)CSc2ccccc2)c([N+](=O)[O-])c1. The van der Waals surface area contributed by atoms with Crippen LogP contribution in [0, 0.1) is 10.1 Å². The number of hydrogen-bond acceptors (Lipinski definition) is 8. The predicted octanol–water partition coefficient (Wildman–Crippen LogP) is 2.54. The third kappa shape index (κ3) is 7.18. The van der Waals surface area contributed by atoms with Gasteiger partial charge in [0.2, 0.25) is 10.0 Å². The van der Waals surface area contributed by atoms with Gasteiger partial charge in [-0.2, -0.15) is 0 Å². The maximum absolute atomic E-state index is 11.6. The smallest absolute Gasteiger partial charge is 0.293 e. The number of rotatable bonds is 10. The topological polar surface area (TPSA) is 128 Å². The Morgan fingerprint density at radius 3 is 2.55 bits per heavy atom. The first-order valence-corrected chi connectivity index (χ1v) is 12.4. The van der Waals surface area contributed by atoms with E-state index in [1.165, 1.54) is 12.1 Å². The third-order valence-corrected chi connectivity index (χ3v) is 7.03. The molecule has 168 valence electrons. The van der Waals surface area contributed by atoms with Crippen molar-refractivity contribution in [1.82, 2.24) is 4.90 Å². The number of morpholine rings is 1. The number of nitrogens with zero attached hydrogens (tertiary/aromatic N) is 2. The van der Waals surface area contributed by atoms with Crippen LogP contribution in [0.1, 0.15) is 6.42 Å². The summed E-state index contributed by atoms with van der Waals surface area (Å²) in [6, 6.07) is 13.6. The minimum Gasteiger partial charge on any atom is -0.379 e. The highest BCUT2D eigenvalue weighted by atomic mass is 32.2. The Balaban J connectivity index is 1.76. The first-order valence-electron chi connectivity index (χ1n) is 9.88. The number of hydrogen-bond donors (Lipinski definition) is 2. The fourth-order valence-corrected chi connectivity index (χ4v) is 4.78. The highest BCUT2D eigenvalue weighted by Gasteiger charge is 2.22. The van der Waals surface area contributed by atoms with Gasteiger partial charge in [-0.25, -0.2) is 13.6 Å². The molecule has 1 atom stereocenters. The number of nitrogens with one attached hydrogen (secondary N) is 1. The zero-order valence-corrected chi connectivity index (χ0v) is 18.6. The van der Waals surface area contributed by atoms with Gasteiger partial charge in [-0.05, 0) is 30.7 Å². The molecule has 2 aromatic carbocycles. The van der Waals surface area contributed by atoms with Crippen LogP contribution in [0.2, 0.25) is 0 Å². The van der Waals surface area contributed by atoms with Crippen molar-refractivity contribution >= 4 is 33.2 Å². The quantitative estimate of drug-likeness (QED) is 0.311. The third-order valence-electron chi connectivity index (χ3n) is 4.95. The summed E-state index contributed by atoms with van der Waals surface area (Å²) in [5, 5.41) is 20.0. The number of sulfonamides is 1. The first kappa shape index (κ1) is 23.5. The van der Waals surface area contributed by atoms with Gasteiger partial charge in [-0.3, -0.25) is 15.0 Å². The van der Waals surface area contributed by atoms with Crippen molar-refractivity contribution in [3.63, 3.8) is 0 Å². The van der Waals surface area contributed by atoms with Crippen molar-refractivity contribution in [3.05, 3.63) is 58.6 Å². The van der Waals surface area contributed by atoms with E-state index in [1.807, 2.05) is 30.3 Å². The predicted molar refractivity (Wildman–Crippen MR) is 121 cm³/mol. The highest BCUT2D eigenvalue weighted by molar-refractivity contribution is 7.99. The molecule has 1 fully saturated rings. The molecule has 1 heterocycles. The largest absolute Gasteiger partial charge is 0.379 e. The van der Waals surface area contributed by atoms with Gasteiger partial charge in [-0.15, -0.1) is 11.8 Å². The van der Waals surface area contributed by atoms with Gasteiger partial charge in [0.25, 0.3) is 5.69 Å². The molecule has 0 amide bonds. The van der Waals surface area contributed by atoms with Gasteiger partial charge < -0.3 is 10.1 Å². The monoisotopic (exact) mass is 466 g/mol. The van der Waals surface area contributed by atoms with Crippen molar-refractivity contribution in [1.29, 1.82) is 0 Å². The minimum absolute atomic E-state index is 0.0629. The molecular formula is C20H26N4O5S2. The molecule has 0 saturated carbocycles. The molecule has 0 unspecified atom stereocenters. The lowest BCUT2D eigenvalue weighted by Crippen LogP contribution is -2.39. The summed E-state index contributed by atoms with van der Waals surface area (Å²) in [5.74, 6) is 0.697. The van der Waals surface area contributed by atoms with E-state index < -0.39 is 14.9 Å². The van der Waals surface area contributed by atoms with E-state index >= 15 is 0 Å². The van der Waals surface area contributed by atoms with E-state index in [0.717, 1.165) is 37.0 Å². The van der Waals surface area contributed by atoms with Crippen LogP contribution in [0.5, 0.6) is 0 Å². The number of ether oxygens (including phenoxy) is 1. The summed E-state index contributed by atoms with van der Waals surface area (Å²) < 4.78 is 28.6. The lowest BCUT2D eigenvalue weighted by molar-refractivity contribution is -0.384. The fraction of sp³-hybridized carbons (Fsp3) is 0.400. The lowest BCUT2D eigenvalue weighted by atomic mass is 10.2. The summed E-state index contributed by atoms with van der Waals surface area (Å²) in [7, 11) is -4.03. The highest BCUT2D eigenvalue weighted by Crippen LogP contribution is 2.29. The number of primary sulfonamides is 1. The maximum atomic E-state index is 11.6. The molecule has 1 saturated heterocycles. The fourth-order valence-electron chi connectivity index (χ4n) is 3.26. The molecule has 0 bridgehead atoms. The van der Waals surface area contributed by atoms with Crippen LogP contribution in [0.15, 0.2) is 58.3 Å². The summed E-state index contributed by atoms with van der Waals surface area (Å²) in [5.41, 5.74) is -0.0364. The van der Waals surface area contributed by atoms with Crippen molar-refractivity contribution < 1.29 is 18.1 Å². The van der Waals surface area contributed by atoms with Crippen LogP contribution in [-0.4, -0.2) is 62.9 Å². The Labute approximate surface area is 186 Å². The van der Waals surface area contributed by atoms with E-state index in [0.29, 0.717) is 19.0 Å². The summed E-state index contributed by atoms with van der Waals surface area (Å²) >= 11 is 1.66. The number of nitro benzene ring substituents is 1. The molecule has 0 spiro atoms. The van der Waals surface area contributed by atoms with E-state index in [-0.39, 0.29) is 22.3 Å². The summed E-state index contributed by atoms with van der Waals surface area (Å²) in [6.45, 7) is 3.97. The Hall–Kier alpha value is -2.18. The van der Waals surface area contributed by atoms with Crippen molar-refractivity contribution in [2.24, 2.45) is 5.14 Å². The number of nitrogens with two attached hydrogens (primary N) is 1. The van der Waals surface area contributed by atoms with Gasteiger partial charge in [0.1, 0.15) is 5.69 Å². The maximum Gasteiger partial charge on any atom is 0.293 e. The van der Waals surface area contributed by atoms with Crippen LogP contribution < -0.4 is 10.5 Å². The zero-order valence-electron chi connectivity index (χ0n) is 17.0. The van der Waals surface area contributed by atoms with Crippen molar-refractivity contribution in [2.75, 3.05) is 43.9 Å². The van der Waals surface area contributed by atoms with Crippen molar-refractivity contribution in [2.45, 2.75) is 22.3 Å². The standard InChI is InChI=1S/C20H26N4O5S2/c21-31(27,28)18-6-7-19(20(14-18)24(25)26)22-16(8-9-23-10-12-29-13-11-23)15-30-17-4-2-1-3-5-17/h1-7,14,16,22H,8-13,15H2,(H2,21,27,28)/t16-/m0/s1. The second-order valence-corrected chi connectivity index (χ2v) is 9.84. The Morgan fingerprint density at radius 1 is 1.19 bits per heavy atom. The van der Waals surface area contributed by atoms with Gasteiger partial charge in [0, 0.05) is 42.4 Å². The molecule has 0 radical (unpaired) electrons.